The van der Waals surface area contributed by atoms with Crippen LogP contribution in [0.4, 0.5) is 11.8 Å². The van der Waals surface area contributed by atoms with Crippen LogP contribution >= 0.6 is 24.8 Å². The maximum absolute atomic E-state index is 6.08. The van der Waals surface area contributed by atoms with Gasteiger partial charge in [0.05, 0.1) is 12.7 Å². The Balaban J connectivity index is 0.00000153. The lowest BCUT2D eigenvalue weighted by Gasteiger charge is -2.27. The van der Waals surface area contributed by atoms with Crippen molar-refractivity contribution in [2.24, 2.45) is 5.73 Å². The number of halogens is 2. The zero-order valence-electron chi connectivity index (χ0n) is 18.9. The molecular formula is C22H35Cl2N9. The Morgan fingerprint density at radius 2 is 1.79 bits per heavy atom. The van der Waals surface area contributed by atoms with E-state index in [4.69, 9.17) is 20.7 Å². The van der Waals surface area contributed by atoms with Gasteiger partial charge in [0.2, 0.25) is 5.95 Å². The van der Waals surface area contributed by atoms with Crippen LogP contribution in [0, 0.1) is 0 Å². The van der Waals surface area contributed by atoms with Crippen LogP contribution < -0.4 is 16.4 Å². The second-order valence-electron chi connectivity index (χ2n) is 9.00. The maximum atomic E-state index is 6.08. The Labute approximate surface area is 207 Å². The van der Waals surface area contributed by atoms with Gasteiger partial charge < -0.3 is 25.5 Å². The van der Waals surface area contributed by atoms with Gasteiger partial charge in [0.1, 0.15) is 0 Å². The number of aryl methyl sites for hydroxylation is 1. The highest BCUT2D eigenvalue weighted by Crippen LogP contribution is 2.33. The summed E-state index contributed by atoms with van der Waals surface area (Å²) in [4.78, 5) is 18.6. The predicted octanol–water partition coefficient (Wildman–Crippen LogP) is 4.17. The largest absolute Gasteiger partial charge is 0.368 e. The van der Waals surface area contributed by atoms with Gasteiger partial charge in [0.15, 0.2) is 17.0 Å². The highest BCUT2D eigenvalue weighted by Gasteiger charge is 2.23. The lowest BCUT2D eigenvalue weighted by molar-refractivity contribution is 0.410. The number of rotatable bonds is 8. The molecule has 0 spiro atoms. The van der Waals surface area contributed by atoms with Crippen molar-refractivity contribution in [1.82, 2.24) is 29.1 Å². The average Bonchev–Trinajstić information content (AvgIpc) is 3.54. The first kappa shape index (κ1) is 25.5. The molecule has 5 rings (SSSR count). The van der Waals surface area contributed by atoms with Crippen molar-refractivity contribution in [2.75, 3.05) is 17.2 Å². The van der Waals surface area contributed by atoms with Crippen LogP contribution in [-0.2, 0) is 6.54 Å². The van der Waals surface area contributed by atoms with Crippen LogP contribution in [0.5, 0.6) is 0 Å². The molecule has 0 atom stereocenters. The molecule has 33 heavy (non-hydrogen) atoms. The topological polar surface area (TPSA) is 112 Å². The van der Waals surface area contributed by atoms with Crippen LogP contribution in [0.15, 0.2) is 25.0 Å². The number of anilines is 2. The second-order valence-corrected chi connectivity index (χ2v) is 9.00. The van der Waals surface area contributed by atoms with Crippen molar-refractivity contribution in [3.8, 4) is 0 Å². The van der Waals surface area contributed by atoms with E-state index >= 15 is 0 Å². The fourth-order valence-electron chi connectivity index (χ4n) is 4.89. The van der Waals surface area contributed by atoms with E-state index in [0.717, 1.165) is 62.2 Å². The van der Waals surface area contributed by atoms with Gasteiger partial charge in [-0.3, -0.25) is 0 Å². The fourth-order valence-corrected chi connectivity index (χ4v) is 4.89. The van der Waals surface area contributed by atoms with Crippen molar-refractivity contribution in [2.45, 2.75) is 82.5 Å². The Bertz CT molecular complexity index is 977. The quantitative estimate of drug-likeness (QED) is 0.402. The molecule has 4 N–H and O–H groups in total. The summed E-state index contributed by atoms with van der Waals surface area (Å²) in [6.07, 6.45) is 17.8. The molecular weight excluding hydrogens is 461 g/mol. The van der Waals surface area contributed by atoms with E-state index < -0.39 is 0 Å². The van der Waals surface area contributed by atoms with Gasteiger partial charge in [-0.15, -0.1) is 24.8 Å². The molecule has 0 aromatic carbocycles. The summed E-state index contributed by atoms with van der Waals surface area (Å²) in [6.45, 7) is 1.74. The molecule has 182 valence electrons. The zero-order valence-corrected chi connectivity index (χ0v) is 20.5. The lowest BCUT2D eigenvalue weighted by atomic mass is 9.92. The summed E-state index contributed by atoms with van der Waals surface area (Å²) in [7, 11) is 0. The maximum Gasteiger partial charge on any atom is 0.227 e. The molecule has 0 saturated heterocycles. The van der Waals surface area contributed by atoms with Crippen molar-refractivity contribution in [3.63, 3.8) is 0 Å². The highest BCUT2D eigenvalue weighted by molar-refractivity contribution is 5.86. The van der Waals surface area contributed by atoms with Gasteiger partial charge in [0.25, 0.3) is 0 Å². The minimum atomic E-state index is 0. The van der Waals surface area contributed by atoms with E-state index in [9.17, 15) is 0 Å². The number of nitrogens with one attached hydrogen (secondary N) is 2. The molecule has 3 aromatic rings. The third-order valence-electron chi connectivity index (χ3n) is 6.69. The van der Waals surface area contributed by atoms with Crippen LogP contribution in [0.25, 0.3) is 11.2 Å². The molecule has 2 aliphatic carbocycles. The summed E-state index contributed by atoms with van der Waals surface area (Å²) in [5, 5.41) is 7.10. The second kappa shape index (κ2) is 11.9. The number of nitrogens with two attached hydrogens (primary N) is 1. The number of fused-ring (bicyclic) bond motifs is 1. The van der Waals surface area contributed by atoms with Crippen molar-refractivity contribution in [1.29, 1.82) is 0 Å². The summed E-state index contributed by atoms with van der Waals surface area (Å²) in [5.74, 6) is 1.52. The van der Waals surface area contributed by atoms with E-state index in [1.54, 1.807) is 0 Å². The van der Waals surface area contributed by atoms with E-state index in [-0.39, 0.29) is 24.8 Å². The van der Waals surface area contributed by atoms with Crippen LogP contribution in [0.1, 0.15) is 63.8 Å². The molecule has 0 aliphatic heterocycles. The number of imidazole rings is 2. The fraction of sp³-hybridized carbons (Fsp3) is 0.636. The smallest absolute Gasteiger partial charge is 0.227 e. The normalized spacial score (nSPS) is 20.9. The standard InChI is InChI=1S/C22H33N9.2ClH/c23-16-6-8-17(9-7-16)27-22-28-20(25-10-3-12-30-13-11-24-14-30)19-21(29-22)31(15-26-19)18-4-1-2-5-18;;/h11,13-18H,1-10,12,23H2,(H2,25,27,28,29);2*1H. The van der Waals surface area contributed by atoms with Gasteiger partial charge in [0, 0.05) is 43.6 Å². The Kier molecular flexibility index (Phi) is 9.17. The summed E-state index contributed by atoms with van der Waals surface area (Å²) in [6, 6.07) is 1.21. The molecule has 9 nitrogen and oxygen atoms in total. The monoisotopic (exact) mass is 495 g/mol. The molecule has 2 aliphatic rings. The summed E-state index contributed by atoms with van der Waals surface area (Å²) < 4.78 is 4.36. The van der Waals surface area contributed by atoms with Crippen LogP contribution in [-0.4, -0.2) is 47.7 Å². The number of hydrogen-bond donors (Lipinski definition) is 3. The number of aromatic nitrogens is 6. The molecule has 11 heteroatoms. The van der Waals surface area contributed by atoms with Gasteiger partial charge in [-0.2, -0.15) is 9.97 Å². The first-order chi connectivity index (χ1) is 15.3. The van der Waals surface area contributed by atoms with Gasteiger partial charge in [-0.25, -0.2) is 9.97 Å². The Hall–Kier alpha value is -2.10. The minimum Gasteiger partial charge on any atom is -0.368 e. The molecule has 3 aromatic heterocycles. The van der Waals surface area contributed by atoms with E-state index in [1.165, 1.54) is 25.7 Å². The summed E-state index contributed by atoms with van der Waals surface area (Å²) in [5.41, 5.74) is 7.89. The van der Waals surface area contributed by atoms with Gasteiger partial charge in [-0.1, -0.05) is 12.8 Å². The van der Waals surface area contributed by atoms with Gasteiger partial charge >= 0.3 is 0 Å². The third kappa shape index (κ3) is 6.07. The van der Waals surface area contributed by atoms with E-state index in [0.29, 0.717) is 24.1 Å². The van der Waals surface area contributed by atoms with Crippen molar-refractivity contribution < 1.29 is 0 Å². The molecule has 0 bridgehead atoms. The first-order valence-corrected chi connectivity index (χ1v) is 11.7. The van der Waals surface area contributed by atoms with Gasteiger partial charge in [-0.05, 0) is 44.9 Å². The molecule has 2 saturated carbocycles. The number of hydrogen-bond acceptors (Lipinski definition) is 7. The first-order valence-electron chi connectivity index (χ1n) is 11.7. The Morgan fingerprint density at radius 1 is 1.00 bits per heavy atom. The third-order valence-corrected chi connectivity index (χ3v) is 6.69. The molecule has 0 unspecified atom stereocenters. The van der Waals surface area contributed by atoms with Crippen LogP contribution in [0.3, 0.4) is 0 Å². The molecule has 0 amide bonds. The minimum absolute atomic E-state index is 0. The zero-order chi connectivity index (χ0) is 21.0. The van der Waals surface area contributed by atoms with Crippen molar-refractivity contribution >= 4 is 47.7 Å². The SMILES string of the molecule is Cl.Cl.NC1CCC(Nc2nc(NCCCn3ccnc3)c3ncn(C4CCCC4)c3n2)CC1. The average molecular weight is 496 g/mol. The molecule has 0 radical (unpaired) electrons. The highest BCUT2D eigenvalue weighted by atomic mass is 35.5. The molecule has 2 fully saturated rings. The predicted molar refractivity (Wildman–Crippen MR) is 137 cm³/mol. The van der Waals surface area contributed by atoms with E-state index in [2.05, 4.69) is 24.8 Å². The number of nitrogens with zero attached hydrogens (tertiary/aromatic N) is 6. The van der Waals surface area contributed by atoms with Crippen LogP contribution in [0.2, 0.25) is 0 Å². The Morgan fingerprint density at radius 3 is 2.52 bits per heavy atom. The van der Waals surface area contributed by atoms with E-state index in [1.807, 2.05) is 25.0 Å². The molecule has 3 heterocycles. The lowest BCUT2D eigenvalue weighted by Crippen LogP contribution is -2.33. The summed E-state index contributed by atoms with van der Waals surface area (Å²) >= 11 is 0. The van der Waals surface area contributed by atoms with Crippen molar-refractivity contribution in [3.05, 3.63) is 25.0 Å².